The minimum Gasteiger partial charge on any atom is -0.481 e. The Labute approximate surface area is 179 Å². The number of primary amides is 1. The molecule has 3 aromatic rings. The maximum Gasteiger partial charge on any atom is 0.260 e. The normalized spacial score (nSPS) is 14.7. The highest BCUT2D eigenvalue weighted by Gasteiger charge is 2.26. The molecule has 1 saturated heterocycles. The van der Waals surface area contributed by atoms with Gasteiger partial charge in [0.15, 0.2) is 6.61 Å². The highest BCUT2D eigenvalue weighted by Crippen LogP contribution is 2.25. The number of aromatic nitrogens is 3. The van der Waals surface area contributed by atoms with Crippen LogP contribution in [-0.2, 0) is 16.0 Å². The van der Waals surface area contributed by atoms with E-state index in [-0.39, 0.29) is 30.9 Å². The van der Waals surface area contributed by atoms with Crippen LogP contribution in [-0.4, -0.2) is 63.1 Å². The van der Waals surface area contributed by atoms with Gasteiger partial charge < -0.3 is 20.5 Å². The van der Waals surface area contributed by atoms with Crippen LogP contribution in [0.25, 0.3) is 16.7 Å². The summed E-state index contributed by atoms with van der Waals surface area (Å²) >= 11 is 0. The van der Waals surface area contributed by atoms with Crippen molar-refractivity contribution in [2.24, 2.45) is 11.7 Å². The number of carbonyl (C=O) groups excluding carboxylic acids is 2. The minimum absolute atomic E-state index is 0.0217. The third kappa shape index (κ3) is 4.66. The van der Waals surface area contributed by atoms with E-state index >= 15 is 0 Å². The summed E-state index contributed by atoms with van der Waals surface area (Å²) < 4.78 is 5.86. The molecule has 0 saturated carbocycles. The predicted molar refractivity (Wildman–Crippen MR) is 114 cm³/mol. The van der Waals surface area contributed by atoms with Gasteiger partial charge in [-0.05, 0) is 49.1 Å². The van der Waals surface area contributed by atoms with E-state index in [4.69, 9.17) is 10.5 Å². The molecule has 2 amide bonds. The Morgan fingerprint density at radius 1 is 1.10 bits per heavy atom. The first-order chi connectivity index (χ1) is 15.0. The standard InChI is InChI=1S/C22H25N5O4/c23-22(30)16-7-10-26(11-8-16)21(29)14-31-20-6-5-15(9-12-28)13-19(20)27-24-17-3-1-2-4-18(17)25-27/h1-6,13,16,28H,7-12,14H2,(H2,23,30). The number of hydrogen-bond acceptors (Lipinski definition) is 6. The Morgan fingerprint density at radius 2 is 1.77 bits per heavy atom. The lowest BCUT2D eigenvalue weighted by molar-refractivity contribution is -0.136. The summed E-state index contributed by atoms with van der Waals surface area (Å²) in [7, 11) is 0. The Morgan fingerprint density at radius 3 is 2.39 bits per heavy atom. The van der Waals surface area contributed by atoms with Crippen molar-refractivity contribution in [3.8, 4) is 11.4 Å². The molecule has 9 heteroatoms. The number of carbonyl (C=O) groups is 2. The number of hydrogen-bond donors (Lipinski definition) is 2. The van der Waals surface area contributed by atoms with Crippen LogP contribution < -0.4 is 10.5 Å². The second-order valence-corrected chi connectivity index (χ2v) is 7.60. The molecular weight excluding hydrogens is 398 g/mol. The molecule has 0 radical (unpaired) electrons. The zero-order valence-corrected chi connectivity index (χ0v) is 17.1. The zero-order chi connectivity index (χ0) is 21.8. The smallest absolute Gasteiger partial charge is 0.260 e. The van der Waals surface area contributed by atoms with Gasteiger partial charge in [-0.2, -0.15) is 0 Å². The van der Waals surface area contributed by atoms with Gasteiger partial charge in [0, 0.05) is 25.6 Å². The fourth-order valence-electron chi connectivity index (χ4n) is 3.74. The van der Waals surface area contributed by atoms with Crippen LogP contribution in [0.15, 0.2) is 42.5 Å². The summed E-state index contributed by atoms with van der Waals surface area (Å²) in [4.78, 5) is 27.1. The largest absolute Gasteiger partial charge is 0.481 e. The fourth-order valence-corrected chi connectivity index (χ4v) is 3.74. The first-order valence-electron chi connectivity index (χ1n) is 10.3. The van der Waals surface area contributed by atoms with E-state index < -0.39 is 0 Å². The number of piperidine rings is 1. The van der Waals surface area contributed by atoms with Crippen molar-refractivity contribution in [1.82, 2.24) is 19.9 Å². The number of amides is 2. The first-order valence-corrected chi connectivity index (χ1v) is 10.3. The van der Waals surface area contributed by atoms with Crippen molar-refractivity contribution in [3.05, 3.63) is 48.0 Å². The monoisotopic (exact) mass is 423 g/mol. The highest BCUT2D eigenvalue weighted by molar-refractivity contribution is 5.80. The molecule has 1 aliphatic rings. The number of aliphatic hydroxyl groups is 1. The Hall–Kier alpha value is -3.46. The van der Waals surface area contributed by atoms with Crippen LogP contribution in [0.5, 0.6) is 5.75 Å². The number of ether oxygens (including phenoxy) is 1. The van der Waals surface area contributed by atoms with E-state index in [1.807, 2.05) is 36.4 Å². The lowest BCUT2D eigenvalue weighted by atomic mass is 9.96. The van der Waals surface area contributed by atoms with Gasteiger partial charge in [0.25, 0.3) is 5.91 Å². The van der Waals surface area contributed by atoms with E-state index in [0.717, 1.165) is 16.6 Å². The number of nitrogens with two attached hydrogens (primary N) is 1. The molecule has 1 aliphatic heterocycles. The van der Waals surface area contributed by atoms with E-state index in [1.54, 1.807) is 11.0 Å². The average Bonchev–Trinajstić information content (AvgIpc) is 3.22. The van der Waals surface area contributed by atoms with Crippen LogP contribution in [0.2, 0.25) is 0 Å². The third-order valence-electron chi connectivity index (χ3n) is 5.53. The molecule has 162 valence electrons. The van der Waals surface area contributed by atoms with Crippen LogP contribution in [0, 0.1) is 5.92 Å². The molecule has 2 heterocycles. The van der Waals surface area contributed by atoms with Crippen LogP contribution in [0.4, 0.5) is 0 Å². The SMILES string of the molecule is NC(=O)C1CCN(C(=O)COc2ccc(CCO)cc2-n2nc3ccccc3n2)CC1. The van der Waals surface area contributed by atoms with Gasteiger partial charge in [0.1, 0.15) is 22.5 Å². The lowest BCUT2D eigenvalue weighted by Gasteiger charge is -2.30. The average molecular weight is 423 g/mol. The highest BCUT2D eigenvalue weighted by atomic mass is 16.5. The van der Waals surface area contributed by atoms with Crippen LogP contribution in [0.3, 0.4) is 0 Å². The van der Waals surface area contributed by atoms with E-state index in [0.29, 0.717) is 43.8 Å². The van der Waals surface area contributed by atoms with Gasteiger partial charge in [-0.3, -0.25) is 9.59 Å². The second-order valence-electron chi connectivity index (χ2n) is 7.60. The molecular formula is C22H25N5O4. The summed E-state index contributed by atoms with van der Waals surface area (Å²) in [5.41, 5.74) is 8.36. The van der Waals surface area contributed by atoms with E-state index in [9.17, 15) is 14.7 Å². The number of likely N-dealkylation sites (tertiary alicyclic amines) is 1. The lowest BCUT2D eigenvalue weighted by Crippen LogP contribution is -2.43. The second kappa shape index (κ2) is 9.13. The van der Waals surface area contributed by atoms with Gasteiger partial charge in [-0.1, -0.05) is 18.2 Å². The molecule has 0 unspecified atom stereocenters. The summed E-state index contributed by atoms with van der Waals surface area (Å²) in [6.07, 6.45) is 1.64. The molecule has 1 aromatic heterocycles. The molecule has 0 atom stereocenters. The van der Waals surface area contributed by atoms with Gasteiger partial charge in [0.2, 0.25) is 5.91 Å². The molecule has 0 aliphatic carbocycles. The van der Waals surface area contributed by atoms with Crippen molar-refractivity contribution in [3.63, 3.8) is 0 Å². The van der Waals surface area contributed by atoms with Gasteiger partial charge in [0.05, 0.1) is 0 Å². The molecule has 2 aromatic carbocycles. The summed E-state index contributed by atoms with van der Waals surface area (Å²) in [6, 6.07) is 13.0. The third-order valence-corrected chi connectivity index (χ3v) is 5.53. The zero-order valence-electron chi connectivity index (χ0n) is 17.1. The van der Waals surface area contributed by atoms with Crippen molar-refractivity contribution < 1.29 is 19.4 Å². The quantitative estimate of drug-likeness (QED) is 0.586. The van der Waals surface area contributed by atoms with Crippen LogP contribution in [0.1, 0.15) is 18.4 Å². The molecule has 9 nitrogen and oxygen atoms in total. The van der Waals surface area contributed by atoms with E-state index in [1.165, 1.54) is 4.80 Å². The van der Waals surface area contributed by atoms with Gasteiger partial charge in [-0.15, -0.1) is 15.0 Å². The maximum atomic E-state index is 12.6. The minimum atomic E-state index is -0.310. The van der Waals surface area contributed by atoms with Gasteiger partial charge >= 0.3 is 0 Å². The molecule has 4 rings (SSSR count). The molecule has 31 heavy (non-hydrogen) atoms. The number of fused-ring (bicyclic) bond motifs is 1. The van der Waals surface area contributed by atoms with Gasteiger partial charge in [-0.25, -0.2) is 0 Å². The number of rotatable bonds is 7. The van der Waals surface area contributed by atoms with Crippen LogP contribution >= 0.6 is 0 Å². The number of nitrogens with zero attached hydrogens (tertiary/aromatic N) is 4. The Bertz CT molecular complexity index is 1060. The summed E-state index contributed by atoms with van der Waals surface area (Å²) in [5, 5.41) is 18.3. The number of aliphatic hydroxyl groups excluding tert-OH is 1. The Kier molecular flexibility index (Phi) is 6.13. The topological polar surface area (TPSA) is 124 Å². The van der Waals surface area contributed by atoms with Crippen molar-refractivity contribution in [1.29, 1.82) is 0 Å². The van der Waals surface area contributed by atoms with E-state index in [2.05, 4.69) is 10.2 Å². The molecule has 1 fully saturated rings. The first kappa shape index (κ1) is 20.8. The molecule has 0 spiro atoms. The molecule has 0 bridgehead atoms. The van der Waals surface area contributed by atoms with Crippen molar-refractivity contribution in [2.45, 2.75) is 19.3 Å². The number of benzene rings is 2. The van der Waals surface area contributed by atoms with Crippen molar-refractivity contribution in [2.75, 3.05) is 26.3 Å². The fraction of sp³-hybridized carbons (Fsp3) is 0.364. The maximum absolute atomic E-state index is 12.6. The summed E-state index contributed by atoms with van der Waals surface area (Å²) in [6.45, 7) is 0.872. The summed E-state index contributed by atoms with van der Waals surface area (Å²) in [5.74, 6) is -0.153. The van der Waals surface area contributed by atoms with Crippen molar-refractivity contribution >= 4 is 22.8 Å². The predicted octanol–water partition coefficient (Wildman–Crippen LogP) is 1.06. The Balaban J connectivity index is 1.51. The molecule has 3 N–H and O–H groups in total.